The van der Waals surface area contributed by atoms with Crippen molar-refractivity contribution in [1.82, 2.24) is 20.1 Å². The average molecular weight is 350 g/mol. The average Bonchev–Trinajstić information content (AvgIpc) is 3.17. The summed E-state index contributed by atoms with van der Waals surface area (Å²) in [5, 5.41) is 7.41. The fourth-order valence-corrected chi connectivity index (χ4v) is 2.71. The molecule has 1 N–H and O–H groups in total. The van der Waals surface area contributed by atoms with Crippen LogP contribution in [0.5, 0.6) is 5.75 Å². The zero-order chi connectivity index (χ0) is 18.4. The molecule has 0 aliphatic rings. The van der Waals surface area contributed by atoms with Gasteiger partial charge in [0.2, 0.25) is 5.91 Å². The van der Waals surface area contributed by atoms with E-state index >= 15 is 0 Å². The monoisotopic (exact) mass is 350 g/mol. The van der Waals surface area contributed by atoms with E-state index in [1.54, 1.807) is 30.4 Å². The van der Waals surface area contributed by atoms with Crippen LogP contribution in [-0.4, -0.2) is 27.8 Å². The third-order valence-corrected chi connectivity index (χ3v) is 4.18. The Labute approximate surface area is 152 Å². The number of hydrogen-bond donors (Lipinski definition) is 1. The van der Waals surface area contributed by atoms with Crippen molar-refractivity contribution < 1.29 is 9.53 Å². The maximum Gasteiger partial charge on any atom is 0.220 e. The Balaban J connectivity index is 1.61. The van der Waals surface area contributed by atoms with Crippen molar-refractivity contribution in [1.29, 1.82) is 0 Å². The summed E-state index contributed by atoms with van der Waals surface area (Å²) >= 11 is 0. The number of nitrogens with zero attached hydrogens (tertiary/aromatic N) is 3. The molecule has 134 valence electrons. The number of carbonyl (C=O) groups is 1. The summed E-state index contributed by atoms with van der Waals surface area (Å²) in [5.74, 6) is 0.752. The number of hydrogen-bond acceptors (Lipinski definition) is 4. The molecule has 3 aromatic rings. The van der Waals surface area contributed by atoms with Gasteiger partial charge in [-0.2, -0.15) is 5.10 Å². The normalized spacial score (nSPS) is 11.8. The molecule has 2 aromatic heterocycles. The Morgan fingerprint density at radius 1 is 1.23 bits per heavy atom. The first-order valence-electron chi connectivity index (χ1n) is 8.53. The molecule has 1 aromatic carbocycles. The Morgan fingerprint density at radius 2 is 2.08 bits per heavy atom. The molecule has 0 aliphatic heterocycles. The molecule has 0 saturated heterocycles. The standard InChI is InChI=1S/C20H22N4O2/c1-15(23-20(25)10-9-16-6-5-11-21-12-16)17-13-22-24(14-17)18-7-3-4-8-19(18)26-2/h3-8,11-15H,9-10H2,1-2H3,(H,23,25)/t15-/m1/s1. The number of ether oxygens (including phenoxy) is 1. The van der Waals surface area contributed by atoms with Gasteiger partial charge in [-0.15, -0.1) is 0 Å². The summed E-state index contributed by atoms with van der Waals surface area (Å²) in [6.45, 7) is 1.95. The minimum atomic E-state index is -0.125. The van der Waals surface area contributed by atoms with Crippen LogP contribution in [0.4, 0.5) is 0 Å². The smallest absolute Gasteiger partial charge is 0.220 e. The fraction of sp³-hybridized carbons (Fsp3) is 0.250. The predicted octanol–water partition coefficient (Wildman–Crippen LogP) is 3.09. The van der Waals surface area contributed by atoms with Crippen molar-refractivity contribution >= 4 is 5.91 Å². The number of pyridine rings is 1. The molecule has 6 heteroatoms. The molecular formula is C20H22N4O2. The Hall–Kier alpha value is -3.15. The van der Waals surface area contributed by atoms with Gasteiger partial charge in [0.05, 0.1) is 19.3 Å². The van der Waals surface area contributed by atoms with Crippen molar-refractivity contribution in [3.63, 3.8) is 0 Å². The van der Waals surface area contributed by atoms with Crippen molar-refractivity contribution in [2.45, 2.75) is 25.8 Å². The van der Waals surface area contributed by atoms with Crippen molar-refractivity contribution in [2.75, 3.05) is 7.11 Å². The quantitative estimate of drug-likeness (QED) is 0.711. The summed E-state index contributed by atoms with van der Waals surface area (Å²) < 4.78 is 7.13. The van der Waals surface area contributed by atoms with Crippen LogP contribution >= 0.6 is 0 Å². The zero-order valence-corrected chi connectivity index (χ0v) is 14.9. The van der Waals surface area contributed by atoms with Crippen LogP contribution < -0.4 is 10.1 Å². The highest BCUT2D eigenvalue weighted by atomic mass is 16.5. The third kappa shape index (κ3) is 4.27. The largest absolute Gasteiger partial charge is 0.494 e. The fourth-order valence-electron chi connectivity index (χ4n) is 2.71. The van der Waals surface area contributed by atoms with Crippen LogP contribution in [0.15, 0.2) is 61.2 Å². The molecule has 2 heterocycles. The number of carbonyl (C=O) groups excluding carboxylic acids is 1. The summed E-state index contributed by atoms with van der Waals surface area (Å²) in [4.78, 5) is 16.3. The molecule has 0 unspecified atom stereocenters. The van der Waals surface area contributed by atoms with E-state index in [9.17, 15) is 4.79 Å². The summed E-state index contributed by atoms with van der Waals surface area (Å²) in [6, 6.07) is 11.4. The number of aromatic nitrogens is 3. The molecule has 0 fully saturated rings. The van der Waals surface area contributed by atoms with Gasteiger partial charge >= 0.3 is 0 Å². The van der Waals surface area contributed by atoms with Crippen LogP contribution in [0.1, 0.15) is 30.5 Å². The number of para-hydroxylation sites is 2. The minimum absolute atomic E-state index is 0.00592. The number of benzene rings is 1. The van der Waals surface area contributed by atoms with Gasteiger partial charge in [-0.05, 0) is 37.1 Å². The molecule has 3 rings (SSSR count). The second kappa shape index (κ2) is 8.29. The van der Waals surface area contributed by atoms with Gasteiger partial charge in [0.25, 0.3) is 0 Å². The topological polar surface area (TPSA) is 69.0 Å². The van der Waals surface area contributed by atoms with E-state index in [0.717, 1.165) is 22.6 Å². The number of amides is 1. The lowest BCUT2D eigenvalue weighted by molar-refractivity contribution is -0.121. The lowest BCUT2D eigenvalue weighted by Gasteiger charge is -2.12. The molecule has 0 spiro atoms. The zero-order valence-electron chi connectivity index (χ0n) is 14.9. The molecular weight excluding hydrogens is 328 g/mol. The molecule has 0 radical (unpaired) electrons. The molecule has 1 atom stereocenters. The maximum atomic E-state index is 12.2. The molecule has 26 heavy (non-hydrogen) atoms. The Morgan fingerprint density at radius 3 is 2.85 bits per heavy atom. The second-order valence-electron chi connectivity index (χ2n) is 6.04. The number of methoxy groups -OCH3 is 1. The first-order chi connectivity index (χ1) is 12.7. The van der Waals surface area contributed by atoms with Crippen LogP contribution in [0, 0.1) is 0 Å². The third-order valence-electron chi connectivity index (χ3n) is 4.18. The molecule has 6 nitrogen and oxygen atoms in total. The van der Waals surface area contributed by atoms with Crippen LogP contribution in [-0.2, 0) is 11.2 Å². The van der Waals surface area contributed by atoms with E-state index in [1.165, 1.54) is 0 Å². The first kappa shape index (κ1) is 17.7. The first-order valence-corrected chi connectivity index (χ1v) is 8.53. The highest BCUT2D eigenvalue weighted by Crippen LogP contribution is 2.23. The molecule has 0 saturated carbocycles. The Kier molecular flexibility index (Phi) is 5.63. The highest BCUT2D eigenvalue weighted by Gasteiger charge is 2.13. The summed E-state index contributed by atoms with van der Waals surface area (Å²) in [5.41, 5.74) is 2.85. The van der Waals surface area contributed by atoms with Crippen molar-refractivity contribution in [2.24, 2.45) is 0 Å². The van der Waals surface area contributed by atoms with E-state index in [-0.39, 0.29) is 11.9 Å². The van der Waals surface area contributed by atoms with Crippen molar-refractivity contribution in [3.05, 3.63) is 72.3 Å². The van der Waals surface area contributed by atoms with Gasteiger partial charge in [0.1, 0.15) is 11.4 Å². The molecule has 1 amide bonds. The van der Waals surface area contributed by atoms with E-state index in [0.29, 0.717) is 12.8 Å². The predicted molar refractivity (Wildman–Crippen MR) is 99.2 cm³/mol. The van der Waals surface area contributed by atoms with Crippen molar-refractivity contribution in [3.8, 4) is 11.4 Å². The van der Waals surface area contributed by atoms with Gasteiger partial charge in [-0.25, -0.2) is 4.68 Å². The van der Waals surface area contributed by atoms with E-state index in [1.807, 2.05) is 49.5 Å². The Bertz CT molecular complexity index is 861. The number of nitrogens with one attached hydrogen (secondary N) is 1. The van der Waals surface area contributed by atoms with Gasteiger partial charge in [-0.3, -0.25) is 9.78 Å². The highest BCUT2D eigenvalue weighted by molar-refractivity contribution is 5.76. The summed E-state index contributed by atoms with van der Waals surface area (Å²) in [7, 11) is 1.63. The SMILES string of the molecule is COc1ccccc1-n1cc([C@@H](C)NC(=O)CCc2cccnc2)cn1. The van der Waals surface area contributed by atoms with Gasteiger partial charge in [0, 0.05) is 30.6 Å². The lowest BCUT2D eigenvalue weighted by Crippen LogP contribution is -2.26. The minimum Gasteiger partial charge on any atom is -0.494 e. The van der Waals surface area contributed by atoms with Crippen LogP contribution in [0.3, 0.4) is 0 Å². The van der Waals surface area contributed by atoms with E-state index < -0.39 is 0 Å². The number of aryl methyl sites for hydroxylation is 1. The second-order valence-corrected chi connectivity index (χ2v) is 6.04. The van der Waals surface area contributed by atoms with Crippen LogP contribution in [0.2, 0.25) is 0 Å². The van der Waals surface area contributed by atoms with Crippen LogP contribution in [0.25, 0.3) is 5.69 Å². The number of rotatable bonds is 7. The van der Waals surface area contributed by atoms with Gasteiger partial charge in [0.15, 0.2) is 0 Å². The molecule has 0 bridgehead atoms. The molecule has 0 aliphatic carbocycles. The maximum absolute atomic E-state index is 12.2. The van der Waals surface area contributed by atoms with E-state index in [2.05, 4.69) is 15.4 Å². The van der Waals surface area contributed by atoms with Gasteiger partial charge in [-0.1, -0.05) is 18.2 Å². The van der Waals surface area contributed by atoms with Gasteiger partial charge < -0.3 is 10.1 Å². The van der Waals surface area contributed by atoms with E-state index in [4.69, 9.17) is 4.74 Å². The lowest BCUT2D eigenvalue weighted by atomic mass is 10.1. The summed E-state index contributed by atoms with van der Waals surface area (Å²) in [6.07, 6.45) is 8.28.